The molecule has 1 aromatic rings. The van der Waals surface area contributed by atoms with Gasteiger partial charge in [-0.15, -0.1) is 0 Å². The number of hydrogen-bond acceptors (Lipinski definition) is 3. The van der Waals surface area contributed by atoms with Crippen LogP contribution in [-0.4, -0.2) is 29.1 Å². The van der Waals surface area contributed by atoms with Gasteiger partial charge in [-0.2, -0.15) is 24.9 Å². The highest BCUT2D eigenvalue weighted by Crippen LogP contribution is 2.33. The molecule has 1 fully saturated rings. The van der Waals surface area contributed by atoms with Gasteiger partial charge in [0.25, 0.3) is 0 Å². The maximum Gasteiger partial charge on any atom is 0.417 e. The van der Waals surface area contributed by atoms with Crippen molar-refractivity contribution in [1.82, 2.24) is 0 Å². The van der Waals surface area contributed by atoms with Gasteiger partial charge in [0, 0.05) is 12.2 Å². The molecule has 1 aromatic carbocycles. The summed E-state index contributed by atoms with van der Waals surface area (Å²) < 4.78 is 38.1. The fourth-order valence-corrected chi connectivity index (χ4v) is 3.37. The highest BCUT2D eigenvalue weighted by Gasteiger charge is 2.35. The summed E-state index contributed by atoms with van der Waals surface area (Å²) in [6.07, 6.45) is -3.58. The topological polar surface area (TPSA) is 49.3 Å². The number of rotatable bonds is 4. The zero-order valence-electron chi connectivity index (χ0n) is 10.5. The molecule has 110 valence electrons. The number of benzene rings is 1. The Hall–Kier alpha value is -1.37. The first-order valence-electron chi connectivity index (χ1n) is 6.14. The maximum atomic E-state index is 12.7. The van der Waals surface area contributed by atoms with Crippen LogP contribution in [-0.2, 0) is 6.18 Å². The summed E-state index contributed by atoms with van der Waals surface area (Å²) in [5.74, 6) is 1.03. The van der Waals surface area contributed by atoms with E-state index in [2.05, 4.69) is 5.32 Å². The van der Waals surface area contributed by atoms with Crippen molar-refractivity contribution in [3.05, 3.63) is 29.3 Å². The minimum Gasteiger partial charge on any atom is -0.478 e. The molecule has 20 heavy (non-hydrogen) atoms. The van der Waals surface area contributed by atoms with E-state index in [1.54, 1.807) is 0 Å². The van der Waals surface area contributed by atoms with Crippen molar-refractivity contribution in [3.8, 4) is 0 Å². The van der Waals surface area contributed by atoms with Crippen LogP contribution >= 0.6 is 11.8 Å². The van der Waals surface area contributed by atoms with Crippen LogP contribution in [0.2, 0.25) is 0 Å². The van der Waals surface area contributed by atoms with Crippen molar-refractivity contribution in [2.24, 2.45) is 5.92 Å². The van der Waals surface area contributed by atoms with Crippen molar-refractivity contribution >= 4 is 23.4 Å². The molecule has 0 radical (unpaired) electrons. The molecule has 0 aromatic heterocycles. The Morgan fingerprint density at radius 2 is 2.20 bits per heavy atom. The number of carboxylic acid groups (broad SMARTS) is 1. The molecule has 0 aliphatic carbocycles. The summed E-state index contributed by atoms with van der Waals surface area (Å²) in [6.45, 7) is 0.650. The van der Waals surface area contributed by atoms with E-state index in [0.29, 0.717) is 18.2 Å². The van der Waals surface area contributed by atoms with Crippen molar-refractivity contribution in [3.63, 3.8) is 0 Å². The second-order valence-electron chi connectivity index (χ2n) is 4.67. The second-order valence-corrected chi connectivity index (χ2v) is 5.82. The van der Waals surface area contributed by atoms with Gasteiger partial charge in [0.1, 0.15) is 0 Å². The summed E-state index contributed by atoms with van der Waals surface area (Å²) in [7, 11) is 0. The molecule has 2 N–H and O–H groups in total. The summed E-state index contributed by atoms with van der Waals surface area (Å²) >= 11 is 1.85. The Morgan fingerprint density at radius 3 is 2.75 bits per heavy atom. The molecule has 2 rings (SSSR count). The lowest BCUT2D eigenvalue weighted by Crippen LogP contribution is -2.16. The Bertz CT molecular complexity index is 499. The molecule has 0 spiro atoms. The molecule has 3 nitrogen and oxygen atoms in total. The smallest absolute Gasteiger partial charge is 0.417 e. The zero-order valence-corrected chi connectivity index (χ0v) is 11.4. The van der Waals surface area contributed by atoms with Crippen molar-refractivity contribution in [2.45, 2.75) is 12.6 Å². The van der Waals surface area contributed by atoms with E-state index in [4.69, 9.17) is 5.11 Å². The van der Waals surface area contributed by atoms with E-state index in [0.717, 1.165) is 30.1 Å². The Kier molecular flexibility index (Phi) is 4.47. The van der Waals surface area contributed by atoms with Crippen LogP contribution < -0.4 is 5.32 Å². The lowest BCUT2D eigenvalue weighted by Gasteiger charge is -2.14. The Balaban J connectivity index is 2.15. The standard InChI is InChI=1S/C13H14F3NO2S/c14-13(15,16)11-2-1-9(5-10(11)12(18)19)17-6-8-3-4-20-7-8/h1-2,5,8,17H,3-4,6-7H2,(H,18,19). The number of carbonyl (C=O) groups is 1. The maximum absolute atomic E-state index is 12.7. The van der Waals surface area contributed by atoms with E-state index in [1.807, 2.05) is 11.8 Å². The van der Waals surface area contributed by atoms with E-state index >= 15 is 0 Å². The minimum absolute atomic E-state index is 0.410. The van der Waals surface area contributed by atoms with Crippen LogP contribution in [0.5, 0.6) is 0 Å². The number of alkyl halides is 3. The first-order valence-corrected chi connectivity index (χ1v) is 7.29. The monoisotopic (exact) mass is 305 g/mol. The number of hydrogen-bond donors (Lipinski definition) is 2. The third kappa shape index (κ3) is 3.59. The summed E-state index contributed by atoms with van der Waals surface area (Å²) in [4.78, 5) is 11.0. The van der Waals surface area contributed by atoms with Gasteiger partial charge in [-0.05, 0) is 42.0 Å². The highest BCUT2D eigenvalue weighted by molar-refractivity contribution is 7.99. The fraction of sp³-hybridized carbons (Fsp3) is 0.462. The average Bonchev–Trinajstić information content (AvgIpc) is 2.88. The lowest BCUT2D eigenvalue weighted by molar-refractivity contribution is -0.138. The molecule has 1 unspecified atom stereocenters. The summed E-state index contributed by atoms with van der Waals surface area (Å²) in [5, 5.41) is 11.9. The number of nitrogens with one attached hydrogen (secondary N) is 1. The molecule has 1 aliphatic heterocycles. The molecule has 1 heterocycles. The van der Waals surface area contributed by atoms with Crippen LogP contribution in [0.15, 0.2) is 18.2 Å². The Morgan fingerprint density at radius 1 is 1.45 bits per heavy atom. The number of thioether (sulfide) groups is 1. The van der Waals surface area contributed by atoms with E-state index < -0.39 is 23.3 Å². The summed E-state index contributed by atoms with van der Waals surface area (Å²) in [5.41, 5.74) is -1.43. The lowest BCUT2D eigenvalue weighted by atomic mass is 10.1. The van der Waals surface area contributed by atoms with E-state index in [9.17, 15) is 18.0 Å². The molecule has 0 amide bonds. The van der Waals surface area contributed by atoms with Crippen molar-refractivity contribution in [1.29, 1.82) is 0 Å². The fourth-order valence-electron chi connectivity index (χ4n) is 2.08. The largest absolute Gasteiger partial charge is 0.478 e. The van der Waals surface area contributed by atoms with Crippen LogP contribution in [0, 0.1) is 5.92 Å². The van der Waals surface area contributed by atoms with Gasteiger partial charge >= 0.3 is 12.1 Å². The number of aromatic carboxylic acids is 1. The SMILES string of the molecule is O=C(O)c1cc(NCC2CCSC2)ccc1C(F)(F)F. The van der Waals surface area contributed by atoms with Gasteiger partial charge in [0.15, 0.2) is 0 Å². The number of anilines is 1. The normalized spacial score (nSPS) is 19.1. The molecule has 1 saturated heterocycles. The predicted molar refractivity (Wildman–Crippen MR) is 72.3 cm³/mol. The second kappa shape index (κ2) is 5.95. The third-order valence-corrected chi connectivity index (χ3v) is 4.41. The molecular formula is C13H14F3NO2S. The predicted octanol–water partition coefficient (Wildman–Crippen LogP) is 3.57. The number of halogens is 3. The van der Waals surface area contributed by atoms with E-state index in [-0.39, 0.29) is 0 Å². The minimum atomic E-state index is -4.66. The first-order chi connectivity index (χ1) is 9.38. The molecule has 7 heteroatoms. The van der Waals surface area contributed by atoms with Crippen molar-refractivity contribution < 1.29 is 23.1 Å². The van der Waals surface area contributed by atoms with Gasteiger partial charge < -0.3 is 10.4 Å². The van der Waals surface area contributed by atoms with Gasteiger partial charge in [-0.3, -0.25) is 0 Å². The Labute approximate surface area is 118 Å². The van der Waals surface area contributed by atoms with Crippen molar-refractivity contribution in [2.75, 3.05) is 23.4 Å². The molecule has 0 bridgehead atoms. The van der Waals surface area contributed by atoms with Crippen LogP contribution in [0.1, 0.15) is 22.3 Å². The number of carboxylic acids is 1. The van der Waals surface area contributed by atoms with Gasteiger partial charge in [-0.1, -0.05) is 0 Å². The average molecular weight is 305 g/mol. The molecule has 0 saturated carbocycles. The van der Waals surface area contributed by atoms with Gasteiger partial charge in [0.05, 0.1) is 11.1 Å². The molecule has 1 atom stereocenters. The first kappa shape index (κ1) is 15.0. The molecular weight excluding hydrogens is 291 g/mol. The van der Waals surface area contributed by atoms with Crippen LogP contribution in [0.25, 0.3) is 0 Å². The van der Waals surface area contributed by atoms with Gasteiger partial charge in [0.2, 0.25) is 0 Å². The van der Waals surface area contributed by atoms with Crippen LogP contribution in [0.3, 0.4) is 0 Å². The van der Waals surface area contributed by atoms with Crippen LogP contribution in [0.4, 0.5) is 18.9 Å². The summed E-state index contributed by atoms with van der Waals surface area (Å²) in [6, 6.07) is 3.14. The van der Waals surface area contributed by atoms with Gasteiger partial charge in [-0.25, -0.2) is 4.79 Å². The third-order valence-electron chi connectivity index (χ3n) is 3.17. The van der Waals surface area contributed by atoms with E-state index in [1.165, 1.54) is 6.07 Å². The quantitative estimate of drug-likeness (QED) is 0.893. The molecule has 1 aliphatic rings. The highest BCUT2D eigenvalue weighted by atomic mass is 32.2. The zero-order chi connectivity index (χ0) is 14.8.